The summed E-state index contributed by atoms with van der Waals surface area (Å²) in [6, 6.07) is 18.5. The van der Waals surface area contributed by atoms with Crippen molar-refractivity contribution in [2.24, 2.45) is 0 Å². The predicted molar refractivity (Wildman–Crippen MR) is 96.1 cm³/mol. The van der Waals surface area contributed by atoms with Gasteiger partial charge in [0.15, 0.2) is 11.6 Å². The molecule has 0 atom stereocenters. The van der Waals surface area contributed by atoms with E-state index in [9.17, 15) is 9.59 Å². The molecule has 0 saturated heterocycles. The van der Waals surface area contributed by atoms with Crippen molar-refractivity contribution < 1.29 is 9.59 Å². The summed E-state index contributed by atoms with van der Waals surface area (Å²) in [7, 11) is 0. The van der Waals surface area contributed by atoms with Gasteiger partial charge in [-0.05, 0) is 0 Å². The molecule has 2 aromatic carbocycles. The Hall–Kier alpha value is -3.34. The van der Waals surface area contributed by atoms with Crippen LogP contribution < -0.4 is 5.32 Å². The number of rotatable bonds is 6. The Morgan fingerprint density at radius 3 is 2.04 bits per heavy atom. The fraction of sp³-hybridized carbons (Fsp3) is 0.100. The van der Waals surface area contributed by atoms with Crippen LogP contribution in [0.25, 0.3) is 11.4 Å². The van der Waals surface area contributed by atoms with E-state index in [0.717, 1.165) is 5.56 Å². The van der Waals surface area contributed by atoms with Crippen molar-refractivity contribution in [1.82, 2.24) is 9.97 Å². The third-order valence-electron chi connectivity index (χ3n) is 3.64. The molecule has 0 aliphatic carbocycles. The molecule has 0 bridgehead atoms. The van der Waals surface area contributed by atoms with Gasteiger partial charge in [-0.15, -0.1) is 0 Å². The number of ketones is 1. The van der Waals surface area contributed by atoms with Crippen molar-refractivity contribution in [3.8, 4) is 11.4 Å². The molecule has 0 unspecified atom stereocenters. The summed E-state index contributed by atoms with van der Waals surface area (Å²) < 4.78 is 0. The van der Waals surface area contributed by atoms with Gasteiger partial charge in [-0.1, -0.05) is 60.7 Å². The van der Waals surface area contributed by atoms with E-state index < -0.39 is 0 Å². The van der Waals surface area contributed by atoms with Crippen LogP contribution in [0.1, 0.15) is 23.2 Å². The lowest BCUT2D eigenvalue weighted by Gasteiger charge is -2.05. The van der Waals surface area contributed by atoms with E-state index in [2.05, 4.69) is 15.3 Å². The Balaban J connectivity index is 1.54. The van der Waals surface area contributed by atoms with Crippen LogP contribution >= 0.6 is 0 Å². The molecule has 0 saturated carbocycles. The zero-order valence-corrected chi connectivity index (χ0v) is 13.6. The molecule has 124 valence electrons. The number of Topliss-reactive ketones (excluding diaryl/α,β-unsaturated/α-hetero) is 1. The Morgan fingerprint density at radius 1 is 0.800 bits per heavy atom. The number of amides is 1. The molecule has 1 heterocycles. The van der Waals surface area contributed by atoms with Gasteiger partial charge in [0.1, 0.15) is 0 Å². The van der Waals surface area contributed by atoms with Gasteiger partial charge in [0.05, 0.1) is 18.1 Å². The summed E-state index contributed by atoms with van der Waals surface area (Å²) in [6.45, 7) is 0. The first kappa shape index (κ1) is 16.5. The number of aromatic nitrogens is 2. The van der Waals surface area contributed by atoms with Crippen molar-refractivity contribution >= 4 is 17.4 Å². The average Bonchev–Trinajstić information content (AvgIpc) is 2.68. The maximum Gasteiger partial charge on any atom is 0.224 e. The molecule has 25 heavy (non-hydrogen) atoms. The lowest BCUT2D eigenvalue weighted by atomic mass is 10.1. The SMILES string of the molecule is O=C(CCC(=O)c1ccccc1)Nc1cnc(-c2ccccc2)nc1. The minimum atomic E-state index is -0.236. The number of nitrogens with zero attached hydrogens (tertiary/aromatic N) is 2. The topological polar surface area (TPSA) is 72.0 Å². The van der Waals surface area contributed by atoms with Crippen molar-refractivity contribution in [1.29, 1.82) is 0 Å². The summed E-state index contributed by atoms with van der Waals surface area (Å²) in [5.74, 6) is 0.310. The molecule has 0 fully saturated rings. The van der Waals surface area contributed by atoms with Crippen LogP contribution in [-0.4, -0.2) is 21.7 Å². The largest absolute Gasteiger partial charge is 0.323 e. The Kier molecular flexibility index (Phi) is 5.26. The van der Waals surface area contributed by atoms with Crippen LogP contribution in [-0.2, 0) is 4.79 Å². The van der Waals surface area contributed by atoms with Gasteiger partial charge in [-0.2, -0.15) is 0 Å². The van der Waals surface area contributed by atoms with E-state index in [1.807, 2.05) is 36.4 Å². The van der Waals surface area contributed by atoms with Crippen LogP contribution in [0.2, 0.25) is 0 Å². The number of anilines is 1. The number of carbonyl (C=O) groups excluding carboxylic acids is 2. The van der Waals surface area contributed by atoms with Crippen molar-refractivity contribution in [3.05, 3.63) is 78.6 Å². The van der Waals surface area contributed by atoms with Crippen LogP contribution in [0, 0.1) is 0 Å². The lowest BCUT2D eigenvalue weighted by Crippen LogP contribution is -2.14. The van der Waals surface area contributed by atoms with Gasteiger partial charge < -0.3 is 5.32 Å². The van der Waals surface area contributed by atoms with Crippen LogP contribution in [0.3, 0.4) is 0 Å². The second-order valence-electron chi connectivity index (χ2n) is 5.50. The minimum Gasteiger partial charge on any atom is -0.323 e. The first-order valence-corrected chi connectivity index (χ1v) is 7.98. The van der Waals surface area contributed by atoms with Gasteiger partial charge in [0.2, 0.25) is 5.91 Å². The second kappa shape index (κ2) is 7.97. The molecule has 5 nitrogen and oxygen atoms in total. The molecule has 3 rings (SSSR count). The summed E-state index contributed by atoms with van der Waals surface area (Å²) >= 11 is 0. The highest BCUT2D eigenvalue weighted by molar-refractivity contribution is 5.99. The van der Waals surface area contributed by atoms with Crippen molar-refractivity contribution in [3.63, 3.8) is 0 Å². The number of carbonyl (C=O) groups is 2. The Morgan fingerprint density at radius 2 is 1.40 bits per heavy atom. The molecule has 0 aliphatic heterocycles. The summed E-state index contributed by atoms with van der Waals surface area (Å²) in [4.78, 5) is 32.5. The fourth-order valence-electron chi connectivity index (χ4n) is 2.35. The average molecular weight is 331 g/mol. The highest BCUT2D eigenvalue weighted by atomic mass is 16.2. The van der Waals surface area contributed by atoms with Crippen molar-refractivity contribution in [2.45, 2.75) is 12.8 Å². The molecular weight excluding hydrogens is 314 g/mol. The minimum absolute atomic E-state index is 0.0496. The number of nitrogens with one attached hydrogen (secondary N) is 1. The zero-order valence-electron chi connectivity index (χ0n) is 13.6. The lowest BCUT2D eigenvalue weighted by molar-refractivity contribution is -0.116. The highest BCUT2D eigenvalue weighted by Crippen LogP contribution is 2.15. The maximum atomic E-state index is 12.0. The van der Waals surface area contributed by atoms with Gasteiger partial charge in [0, 0.05) is 24.0 Å². The van der Waals surface area contributed by atoms with Crippen molar-refractivity contribution in [2.75, 3.05) is 5.32 Å². The zero-order chi connectivity index (χ0) is 17.5. The molecule has 3 aromatic rings. The maximum absolute atomic E-state index is 12.0. The van der Waals surface area contributed by atoms with Crippen LogP contribution in [0.4, 0.5) is 5.69 Å². The quantitative estimate of drug-likeness (QED) is 0.698. The molecule has 0 radical (unpaired) electrons. The van der Waals surface area contributed by atoms with Gasteiger partial charge in [-0.25, -0.2) is 9.97 Å². The summed E-state index contributed by atoms with van der Waals surface area (Å²) in [5, 5.41) is 2.71. The fourth-order valence-corrected chi connectivity index (χ4v) is 2.35. The van der Waals surface area contributed by atoms with E-state index in [1.54, 1.807) is 36.7 Å². The molecule has 1 N–H and O–H groups in total. The Labute approximate surface area is 145 Å². The summed E-state index contributed by atoms with van der Waals surface area (Å²) in [6.07, 6.45) is 3.41. The first-order chi connectivity index (χ1) is 12.2. The van der Waals surface area contributed by atoms with Crippen LogP contribution in [0.15, 0.2) is 73.1 Å². The highest BCUT2D eigenvalue weighted by Gasteiger charge is 2.10. The molecule has 0 spiro atoms. The third kappa shape index (κ3) is 4.57. The van der Waals surface area contributed by atoms with E-state index in [-0.39, 0.29) is 24.5 Å². The molecular formula is C20H17N3O2. The van der Waals surface area contributed by atoms with E-state index >= 15 is 0 Å². The second-order valence-corrected chi connectivity index (χ2v) is 5.50. The standard InChI is InChI=1S/C20H17N3O2/c24-18(15-7-3-1-4-8-15)11-12-19(25)23-17-13-21-20(22-14-17)16-9-5-2-6-10-16/h1-10,13-14H,11-12H2,(H,23,25). The monoisotopic (exact) mass is 331 g/mol. The van der Waals surface area contributed by atoms with E-state index in [1.165, 1.54) is 0 Å². The summed E-state index contributed by atoms with van der Waals surface area (Å²) in [5.41, 5.74) is 2.04. The first-order valence-electron chi connectivity index (χ1n) is 7.98. The number of benzene rings is 2. The predicted octanol–water partition coefficient (Wildman–Crippen LogP) is 3.75. The molecule has 5 heteroatoms. The molecule has 0 aliphatic rings. The Bertz CT molecular complexity index is 847. The van der Waals surface area contributed by atoms with E-state index in [0.29, 0.717) is 17.1 Å². The van der Waals surface area contributed by atoms with Crippen LogP contribution in [0.5, 0.6) is 0 Å². The smallest absolute Gasteiger partial charge is 0.224 e. The van der Waals surface area contributed by atoms with Gasteiger partial charge in [0.25, 0.3) is 0 Å². The molecule has 1 aromatic heterocycles. The number of hydrogen-bond donors (Lipinski definition) is 1. The number of hydrogen-bond acceptors (Lipinski definition) is 4. The normalized spacial score (nSPS) is 10.2. The third-order valence-corrected chi connectivity index (χ3v) is 3.64. The van der Waals surface area contributed by atoms with Gasteiger partial charge in [-0.3, -0.25) is 9.59 Å². The van der Waals surface area contributed by atoms with Gasteiger partial charge >= 0.3 is 0 Å². The molecule has 1 amide bonds. The van der Waals surface area contributed by atoms with E-state index in [4.69, 9.17) is 0 Å².